The van der Waals surface area contributed by atoms with Crippen LogP contribution in [0, 0.1) is 0 Å². The highest BCUT2D eigenvalue weighted by atomic mass is 16.5. The summed E-state index contributed by atoms with van der Waals surface area (Å²) in [6.07, 6.45) is -0.937. The van der Waals surface area contributed by atoms with E-state index in [0.717, 1.165) is 11.1 Å². The number of carbonyl (C=O) groups is 2. The summed E-state index contributed by atoms with van der Waals surface area (Å²) in [7, 11) is 1.55. The minimum Gasteiger partial charge on any atom is -0.497 e. The van der Waals surface area contributed by atoms with Crippen LogP contribution in [-0.4, -0.2) is 25.1 Å². The maximum absolute atomic E-state index is 12.3. The first-order valence-corrected chi connectivity index (χ1v) is 8.88. The predicted octanol–water partition coefficient (Wildman–Crippen LogP) is 4.55. The number of ether oxygens (including phenoxy) is 2. The maximum atomic E-state index is 12.3. The number of amides is 1. The first kappa shape index (κ1) is 19.2. The summed E-state index contributed by atoms with van der Waals surface area (Å²) in [6.45, 7) is 1.53. The Morgan fingerprint density at radius 2 is 1.54 bits per heavy atom. The van der Waals surface area contributed by atoms with Crippen molar-refractivity contribution in [1.29, 1.82) is 0 Å². The third kappa shape index (κ3) is 4.76. The molecule has 0 saturated carbocycles. The summed E-state index contributed by atoms with van der Waals surface area (Å²) in [5, 5.41) is 2.71. The Morgan fingerprint density at radius 3 is 2.21 bits per heavy atom. The van der Waals surface area contributed by atoms with Gasteiger partial charge in [0.15, 0.2) is 6.10 Å². The summed E-state index contributed by atoms with van der Waals surface area (Å²) < 4.78 is 10.4. The molecule has 0 aromatic heterocycles. The third-order valence-corrected chi connectivity index (χ3v) is 4.22. The third-order valence-electron chi connectivity index (χ3n) is 4.22. The zero-order valence-corrected chi connectivity index (χ0v) is 15.7. The van der Waals surface area contributed by atoms with Gasteiger partial charge in [0, 0.05) is 11.8 Å². The summed E-state index contributed by atoms with van der Waals surface area (Å²) in [5.74, 6) is -0.337. The van der Waals surface area contributed by atoms with E-state index in [2.05, 4.69) is 5.32 Å². The number of benzene rings is 3. The number of hydrogen-bond acceptors (Lipinski definition) is 4. The second kappa shape index (κ2) is 8.86. The number of methoxy groups -OCH3 is 1. The molecular formula is C23H21NO4. The van der Waals surface area contributed by atoms with Gasteiger partial charge in [0.2, 0.25) is 0 Å². The van der Waals surface area contributed by atoms with Crippen LogP contribution in [0.4, 0.5) is 5.69 Å². The van der Waals surface area contributed by atoms with Crippen LogP contribution in [0.1, 0.15) is 17.3 Å². The summed E-state index contributed by atoms with van der Waals surface area (Å²) >= 11 is 0. The maximum Gasteiger partial charge on any atom is 0.338 e. The minimum atomic E-state index is -0.937. The Balaban J connectivity index is 1.61. The first-order valence-electron chi connectivity index (χ1n) is 8.88. The van der Waals surface area contributed by atoms with Crippen molar-refractivity contribution in [1.82, 2.24) is 0 Å². The zero-order valence-electron chi connectivity index (χ0n) is 15.7. The lowest BCUT2D eigenvalue weighted by molar-refractivity contribution is -0.123. The van der Waals surface area contributed by atoms with Crippen LogP contribution in [0.25, 0.3) is 11.1 Å². The molecule has 1 amide bonds. The van der Waals surface area contributed by atoms with E-state index in [1.165, 1.54) is 6.92 Å². The van der Waals surface area contributed by atoms with E-state index in [1.54, 1.807) is 43.5 Å². The van der Waals surface area contributed by atoms with E-state index in [4.69, 9.17) is 9.47 Å². The fraction of sp³-hybridized carbons (Fsp3) is 0.130. The number of hydrogen-bond donors (Lipinski definition) is 1. The smallest absolute Gasteiger partial charge is 0.338 e. The van der Waals surface area contributed by atoms with Crippen molar-refractivity contribution in [2.24, 2.45) is 0 Å². The summed E-state index contributed by atoms with van der Waals surface area (Å²) in [5.41, 5.74) is 3.02. The van der Waals surface area contributed by atoms with Gasteiger partial charge in [-0.3, -0.25) is 4.79 Å². The van der Waals surface area contributed by atoms with E-state index >= 15 is 0 Å². The lowest BCUT2D eigenvalue weighted by Crippen LogP contribution is -2.30. The van der Waals surface area contributed by atoms with Gasteiger partial charge < -0.3 is 14.8 Å². The van der Waals surface area contributed by atoms with Crippen molar-refractivity contribution in [2.75, 3.05) is 12.4 Å². The molecule has 0 bridgehead atoms. The molecule has 0 radical (unpaired) electrons. The van der Waals surface area contributed by atoms with Crippen LogP contribution in [0.5, 0.6) is 5.75 Å². The SMILES string of the molecule is COc1cccc(NC(=O)C(C)OC(=O)c2ccc(-c3ccccc3)cc2)c1. The fourth-order valence-corrected chi connectivity index (χ4v) is 2.66. The number of nitrogens with one attached hydrogen (secondary N) is 1. The van der Waals surface area contributed by atoms with Gasteiger partial charge in [-0.05, 0) is 42.3 Å². The van der Waals surface area contributed by atoms with E-state index in [0.29, 0.717) is 17.0 Å². The van der Waals surface area contributed by atoms with E-state index in [9.17, 15) is 9.59 Å². The van der Waals surface area contributed by atoms with Gasteiger partial charge >= 0.3 is 5.97 Å². The molecule has 1 N–H and O–H groups in total. The van der Waals surface area contributed by atoms with Crippen molar-refractivity contribution in [2.45, 2.75) is 13.0 Å². The molecule has 142 valence electrons. The number of carbonyl (C=O) groups excluding carboxylic acids is 2. The average molecular weight is 375 g/mol. The molecule has 28 heavy (non-hydrogen) atoms. The van der Waals surface area contributed by atoms with Crippen LogP contribution >= 0.6 is 0 Å². The Hall–Kier alpha value is -3.60. The van der Waals surface area contributed by atoms with Gasteiger partial charge in [0.1, 0.15) is 5.75 Å². The lowest BCUT2D eigenvalue weighted by atomic mass is 10.0. The molecule has 0 saturated heterocycles. The van der Waals surface area contributed by atoms with Gasteiger partial charge in [-0.25, -0.2) is 4.79 Å². The van der Waals surface area contributed by atoms with E-state index in [-0.39, 0.29) is 0 Å². The highest BCUT2D eigenvalue weighted by Gasteiger charge is 2.19. The van der Waals surface area contributed by atoms with Gasteiger partial charge in [0.05, 0.1) is 12.7 Å². The van der Waals surface area contributed by atoms with Crippen LogP contribution in [0.2, 0.25) is 0 Å². The second-order valence-electron chi connectivity index (χ2n) is 6.21. The molecule has 5 heteroatoms. The molecule has 0 fully saturated rings. The molecule has 0 heterocycles. The molecule has 0 aliphatic heterocycles. The predicted molar refractivity (Wildman–Crippen MR) is 108 cm³/mol. The Bertz CT molecular complexity index is 952. The molecule has 3 aromatic carbocycles. The topological polar surface area (TPSA) is 64.6 Å². The Morgan fingerprint density at radius 1 is 0.857 bits per heavy atom. The molecule has 1 atom stereocenters. The van der Waals surface area contributed by atoms with Gasteiger partial charge in [-0.2, -0.15) is 0 Å². The summed E-state index contributed by atoms with van der Waals surface area (Å²) in [4.78, 5) is 24.6. The lowest BCUT2D eigenvalue weighted by Gasteiger charge is -2.14. The second-order valence-corrected chi connectivity index (χ2v) is 6.21. The molecule has 3 aromatic rings. The molecule has 3 rings (SSSR count). The minimum absolute atomic E-state index is 0.390. The molecule has 0 spiro atoms. The van der Waals surface area contributed by atoms with Crippen molar-refractivity contribution in [3.05, 3.63) is 84.4 Å². The van der Waals surface area contributed by atoms with Crippen LogP contribution in [0.15, 0.2) is 78.9 Å². The van der Waals surface area contributed by atoms with Gasteiger partial charge in [0.25, 0.3) is 5.91 Å². The highest BCUT2D eigenvalue weighted by molar-refractivity contribution is 5.97. The quantitative estimate of drug-likeness (QED) is 0.642. The normalized spacial score (nSPS) is 11.4. The highest BCUT2D eigenvalue weighted by Crippen LogP contribution is 2.20. The van der Waals surface area contributed by atoms with E-state index < -0.39 is 18.0 Å². The number of anilines is 1. The largest absolute Gasteiger partial charge is 0.497 e. The van der Waals surface area contributed by atoms with Crippen molar-refractivity contribution in [3.8, 4) is 16.9 Å². The average Bonchev–Trinajstić information content (AvgIpc) is 2.74. The molecule has 5 nitrogen and oxygen atoms in total. The molecule has 1 unspecified atom stereocenters. The molecule has 0 aliphatic carbocycles. The van der Waals surface area contributed by atoms with Crippen LogP contribution in [0.3, 0.4) is 0 Å². The monoisotopic (exact) mass is 375 g/mol. The van der Waals surface area contributed by atoms with Crippen LogP contribution < -0.4 is 10.1 Å². The van der Waals surface area contributed by atoms with Gasteiger partial charge in [-0.1, -0.05) is 48.5 Å². The molecular weight excluding hydrogens is 354 g/mol. The van der Waals surface area contributed by atoms with E-state index in [1.807, 2.05) is 42.5 Å². The van der Waals surface area contributed by atoms with Gasteiger partial charge in [-0.15, -0.1) is 0 Å². The standard InChI is InChI=1S/C23H21NO4/c1-16(22(25)24-20-9-6-10-21(15-20)27-2)28-23(26)19-13-11-18(12-14-19)17-7-4-3-5-8-17/h3-16H,1-2H3,(H,24,25). The van der Waals surface area contributed by atoms with Crippen molar-refractivity contribution < 1.29 is 19.1 Å². The van der Waals surface area contributed by atoms with Crippen molar-refractivity contribution in [3.63, 3.8) is 0 Å². The number of rotatable bonds is 6. The Kier molecular flexibility index (Phi) is 6.07. The fourth-order valence-electron chi connectivity index (χ4n) is 2.66. The first-order chi connectivity index (χ1) is 13.6. The number of esters is 1. The van der Waals surface area contributed by atoms with Crippen molar-refractivity contribution >= 4 is 17.6 Å². The molecule has 0 aliphatic rings. The van der Waals surface area contributed by atoms with Crippen LogP contribution in [-0.2, 0) is 9.53 Å². The Labute approximate surface area is 163 Å². The summed E-state index contributed by atoms with van der Waals surface area (Å²) in [6, 6.07) is 23.9. The zero-order chi connectivity index (χ0) is 19.9.